The molecule has 0 saturated heterocycles. The molecule has 0 aliphatic heterocycles. The van der Waals surface area contributed by atoms with Crippen LogP contribution >= 0.6 is 0 Å². The van der Waals surface area contributed by atoms with Crippen molar-refractivity contribution < 1.29 is 14.7 Å². The van der Waals surface area contributed by atoms with E-state index in [-0.39, 0.29) is 30.9 Å². The number of aliphatic hydroxyl groups is 1. The molecule has 1 fully saturated rings. The van der Waals surface area contributed by atoms with Crippen molar-refractivity contribution in [3.8, 4) is 0 Å². The van der Waals surface area contributed by atoms with Crippen molar-refractivity contribution in [3.05, 3.63) is 35.4 Å². The molecular formula is C16H22N2O3. The van der Waals surface area contributed by atoms with Gasteiger partial charge in [-0.2, -0.15) is 0 Å². The van der Waals surface area contributed by atoms with E-state index in [9.17, 15) is 14.7 Å². The summed E-state index contributed by atoms with van der Waals surface area (Å²) in [7, 11) is 0. The van der Waals surface area contributed by atoms with Gasteiger partial charge in [0.2, 0.25) is 11.8 Å². The molecular weight excluding hydrogens is 268 g/mol. The first-order valence-corrected chi connectivity index (χ1v) is 7.42. The van der Waals surface area contributed by atoms with E-state index in [4.69, 9.17) is 0 Å². The summed E-state index contributed by atoms with van der Waals surface area (Å²) in [6.45, 7) is 0.315. The van der Waals surface area contributed by atoms with Crippen LogP contribution in [0.25, 0.3) is 0 Å². The Kier molecular flexibility index (Phi) is 5.75. The predicted octanol–water partition coefficient (Wildman–Crippen LogP) is 1.10. The summed E-state index contributed by atoms with van der Waals surface area (Å²) in [5.74, 6) is -0.152. The van der Waals surface area contributed by atoms with Crippen molar-refractivity contribution in [2.24, 2.45) is 5.92 Å². The standard InChI is InChI=1S/C16H22N2O3/c19-11-14-8-4-3-7-13(14)9-17-15(20)10-18-16(21)12-5-1-2-6-12/h3-4,7-8,12,19H,1-2,5-6,9-11H2,(H,17,20)(H,18,21). The Morgan fingerprint density at radius 2 is 1.76 bits per heavy atom. The molecule has 2 rings (SSSR count). The number of rotatable bonds is 6. The Bertz CT molecular complexity index is 496. The molecule has 5 nitrogen and oxygen atoms in total. The van der Waals surface area contributed by atoms with E-state index < -0.39 is 0 Å². The zero-order valence-corrected chi connectivity index (χ0v) is 12.1. The highest BCUT2D eigenvalue weighted by atomic mass is 16.3. The maximum atomic E-state index is 11.8. The third kappa shape index (κ3) is 4.56. The molecule has 1 aromatic rings. The number of carbonyl (C=O) groups is 2. The van der Waals surface area contributed by atoms with Crippen LogP contribution in [-0.2, 0) is 22.7 Å². The molecule has 0 bridgehead atoms. The normalized spacial score (nSPS) is 14.9. The molecule has 0 radical (unpaired) electrons. The van der Waals surface area contributed by atoms with Crippen molar-refractivity contribution in [1.29, 1.82) is 0 Å². The second kappa shape index (κ2) is 7.78. The van der Waals surface area contributed by atoms with E-state index in [1.165, 1.54) is 0 Å². The van der Waals surface area contributed by atoms with Gasteiger partial charge in [-0.15, -0.1) is 0 Å². The van der Waals surface area contributed by atoms with Crippen LogP contribution in [-0.4, -0.2) is 23.5 Å². The lowest BCUT2D eigenvalue weighted by Crippen LogP contribution is -2.39. The lowest BCUT2D eigenvalue weighted by molar-refractivity contribution is -0.128. The minimum atomic E-state index is -0.214. The van der Waals surface area contributed by atoms with Crippen LogP contribution in [0.1, 0.15) is 36.8 Å². The third-order valence-electron chi connectivity index (χ3n) is 3.91. The summed E-state index contributed by atoms with van der Waals surface area (Å²) < 4.78 is 0. The highest BCUT2D eigenvalue weighted by Gasteiger charge is 2.22. The molecule has 1 aliphatic carbocycles. The molecule has 5 heteroatoms. The average Bonchev–Trinajstić information content (AvgIpc) is 3.05. The Hall–Kier alpha value is -1.88. The Morgan fingerprint density at radius 3 is 2.43 bits per heavy atom. The van der Waals surface area contributed by atoms with Gasteiger partial charge in [0, 0.05) is 12.5 Å². The molecule has 1 aliphatic rings. The first kappa shape index (κ1) is 15.5. The molecule has 0 spiro atoms. The van der Waals surface area contributed by atoms with Crippen LogP contribution in [0.4, 0.5) is 0 Å². The number of hydrogen-bond acceptors (Lipinski definition) is 3. The molecule has 3 N–H and O–H groups in total. The largest absolute Gasteiger partial charge is 0.392 e. The monoisotopic (exact) mass is 290 g/mol. The minimum Gasteiger partial charge on any atom is -0.392 e. The van der Waals surface area contributed by atoms with Gasteiger partial charge >= 0.3 is 0 Å². The summed E-state index contributed by atoms with van der Waals surface area (Å²) >= 11 is 0. The Labute approximate surface area is 124 Å². The maximum absolute atomic E-state index is 11.8. The van der Waals surface area contributed by atoms with Crippen LogP contribution in [0.2, 0.25) is 0 Å². The molecule has 1 saturated carbocycles. The van der Waals surface area contributed by atoms with Crippen LogP contribution in [0, 0.1) is 5.92 Å². The van der Waals surface area contributed by atoms with E-state index in [0.29, 0.717) is 6.54 Å². The van der Waals surface area contributed by atoms with Gasteiger partial charge in [-0.05, 0) is 24.0 Å². The van der Waals surface area contributed by atoms with Gasteiger partial charge in [0.15, 0.2) is 0 Å². The fraction of sp³-hybridized carbons (Fsp3) is 0.500. The van der Waals surface area contributed by atoms with E-state index in [0.717, 1.165) is 36.8 Å². The third-order valence-corrected chi connectivity index (χ3v) is 3.91. The molecule has 114 valence electrons. The van der Waals surface area contributed by atoms with E-state index >= 15 is 0 Å². The lowest BCUT2D eigenvalue weighted by atomic mass is 10.1. The summed E-state index contributed by atoms with van der Waals surface area (Å²) in [5.41, 5.74) is 1.68. The fourth-order valence-corrected chi connectivity index (χ4v) is 2.64. The second-order valence-corrected chi connectivity index (χ2v) is 5.40. The number of amides is 2. The zero-order valence-electron chi connectivity index (χ0n) is 12.1. The summed E-state index contributed by atoms with van der Waals surface area (Å²) in [6, 6.07) is 7.40. The maximum Gasteiger partial charge on any atom is 0.239 e. The number of nitrogens with one attached hydrogen (secondary N) is 2. The number of benzene rings is 1. The van der Waals surface area contributed by atoms with Crippen molar-refractivity contribution in [2.75, 3.05) is 6.54 Å². The van der Waals surface area contributed by atoms with Crippen LogP contribution in [0.3, 0.4) is 0 Å². The van der Waals surface area contributed by atoms with E-state index in [1.54, 1.807) is 0 Å². The first-order chi connectivity index (χ1) is 10.2. The smallest absolute Gasteiger partial charge is 0.239 e. The average molecular weight is 290 g/mol. The molecule has 0 heterocycles. The molecule has 21 heavy (non-hydrogen) atoms. The van der Waals surface area contributed by atoms with Crippen LogP contribution in [0.15, 0.2) is 24.3 Å². The molecule has 0 aromatic heterocycles. The topological polar surface area (TPSA) is 78.4 Å². The first-order valence-electron chi connectivity index (χ1n) is 7.42. The fourth-order valence-electron chi connectivity index (χ4n) is 2.64. The van der Waals surface area contributed by atoms with Gasteiger partial charge in [-0.3, -0.25) is 9.59 Å². The lowest BCUT2D eigenvalue weighted by Gasteiger charge is -2.11. The molecule has 0 unspecified atom stereocenters. The zero-order chi connectivity index (χ0) is 15.1. The van der Waals surface area contributed by atoms with Gasteiger partial charge in [-0.1, -0.05) is 37.1 Å². The van der Waals surface area contributed by atoms with Crippen LogP contribution in [0.5, 0.6) is 0 Å². The highest BCUT2D eigenvalue weighted by molar-refractivity contribution is 5.85. The Morgan fingerprint density at radius 1 is 1.10 bits per heavy atom. The predicted molar refractivity (Wildman–Crippen MR) is 79.2 cm³/mol. The van der Waals surface area contributed by atoms with Gasteiger partial charge in [0.25, 0.3) is 0 Å². The highest BCUT2D eigenvalue weighted by Crippen LogP contribution is 2.24. The molecule has 0 atom stereocenters. The Balaban J connectivity index is 1.73. The second-order valence-electron chi connectivity index (χ2n) is 5.40. The summed E-state index contributed by atoms with van der Waals surface area (Å²) in [5, 5.41) is 14.7. The number of hydrogen-bond donors (Lipinski definition) is 3. The van der Waals surface area contributed by atoms with Gasteiger partial charge in [0.1, 0.15) is 0 Å². The van der Waals surface area contributed by atoms with Crippen molar-refractivity contribution in [2.45, 2.75) is 38.8 Å². The van der Waals surface area contributed by atoms with Gasteiger partial charge in [-0.25, -0.2) is 0 Å². The molecule has 1 aromatic carbocycles. The van der Waals surface area contributed by atoms with Crippen LogP contribution < -0.4 is 10.6 Å². The SMILES string of the molecule is O=C(CNC(=O)C1CCCC1)NCc1ccccc1CO. The summed E-state index contributed by atoms with van der Waals surface area (Å²) in [6.07, 6.45) is 4.05. The van der Waals surface area contributed by atoms with E-state index in [2.05, 4.69) is 10.6 Å². The van der Waals surface area contributed by atoms with E-state index in [1.807, 2.05) is 24.3 Å². The quantitative estimate of drug-likeness (QED) is 0.734. The number of aliphatic hydroxyl groups excluding tert-OH is 1. The van der Waals surface area contributed by atoms with Crippen molar-refractivity contribution in [3.63, 3.8) is 0 Å². The van der Waals surface area contributed by atoms with Gasteiger partial charge in [0.05, 0.1) is 13.2 Å². The van der Waals surface area contributed by atoms with Crippen molar-refractivity contribution in [1.82, 2.24) is 10.6 Å². The summed E-state index contributed by atoms with van der Waals surface area (Å²) in [4.78, 5) is 23.5. The minimum absolute atomic E-state index is 0.0105. The van der Waals surface area contributed by atoms with Gasteiger partial charge < -0.3 is 15.7 Å². The number of carbonyl (C=O) groups excluding carboxylic acids is 2. The molecule has 2 amide bonds. The van der Waals surface area contributed by atoms with Crippen molar-refractivity contribution >= 4 is 11.8 Å².